The third-order valence-corrected chi connectivity index (χ3v) is 6.54. The zero-order valence-electron chi connectivity index (χ0n) is 11.5. The average molecular weight is 254 g/mol. The van der Waals surface area contributed by atoms with E-state index in [1.807, 2.05) is 0 Å². The molecule has 3 nitrogen and oxygen atoms in total. The summed E-state index contributed by atoms with van der Waals surface area (Å²) in [5.41, 5.74) is -0.177. The molecule has 3 aliphatic carbocycles. The molecule has 0 heterocycles. The van der Waals surface area contributed by atoms with E-state index in [9.17, 15) is 15.3 Å². The number of aliphatic hydroxyl groups is 3. The average Bonchev–Trinajstić information content (AvgIpc) is 2.51. The number of rotatable bonds is 1. The van der Waals surface area contributed by atoms with Gasteiger partial charge < -0.3 is 15.3 Å². The molecule has 3 aliphatic rings. The van der Waals surface area contributed by atoms with Gasteiger partial charge in [0.2, 0.25) is 0 Å². The fourth-order valence-corrected chi connectivity index (χ4v) is 5.61. The van der Waals surface area contributed by atoms with Crippen molar-refractivity contribution in [3.63, 3.8) is 0 Å². The Labute approximate surface area is 109 Å². The van der Waals surface area contributed by atoms with Gasteiger partial charge in [-0.05, 0) is 49.9 Å². The zero-order chi connectivity index (χ0) is 13.2. The molecule has 5 atom stereocenters. The van der Waals surface area contributed by atoms with Crippen LogP contribution in [0.4, 0.5) is 0 Å². The maximum atomic E-state index is 10.6. The van der Waals surface area contributed by atoms with Crippen LogP contribution >= 0.6 is 0 Å². The van der Waals surface area contributed by atoms with E-state index >= 15 is 0 Å². The highest BCUT2D eigenvalue weighted by atomic mass is 16.3. The van der Waals surface area contributed by atoms with Gasteiger partial charge in [0, 0.05) is 10.8 Å². The van der Waals surface area contributed by atoms with Crippen molar-refractivity contribution in [2.75, 3.05) is 6.61 Å². The Balaban J connectivity index is 2.00. The summed E-state index contributed by atoms with van der Waals surface area (Å²) in [4.78, 5) is 0. The van der Waals surface area contributed by atoms with E-state index in [4.69, 9.17) is 0 Å². The lowest BCUT2D eigenvalue weighted by molar-refractivity contribution is -0.166. The summed E-state index contributed by atoms with van der Waals surface area (Å²) in [6.07, 6.45) is 4.66. The lowest BCUT2D eigenvalue weighted by atomic mass is 9.48. The van der Waals surface area contributed by atoms with Crippen LogP contribution in [0.25, 0.3) is 0 Å². The number of hydrogen-bond acceptors (Lipinski definition) is 3. The highest BCUT2D eigenvalue weighted by molar-refractivity contribution is 5.14. The molecule has 0 unspecified atom stereocenters. The van der Waals surface area contributed by atoms with Crippen molar-refractivity contribution in [3.05, 3.63) is 0 Å². The lowest BCUT2D eigenvalue weighted by Crippen LogP contribution is -2.56. The molecule has 3 fully saturated rings. The van der Waals surface area contributed by atoms with Crippen molar-refractivity contribution in [1.82, 2.24) is 0 Å². The Hall–Kier alpha value is -0.120. The maximum absolute atomic E-state index is 10.6. The first kappa shape index (κ1) is 12.9. The van der Waals surface area contributed by atoms with E-state index in [1.54, 1.807) is 0 Å². The topological polar surface area (TPSA) is 60.7 Å². The molecule has 104 valence electrons. The molecular weight excluding hydrogens is 228 g/mol. The van der Waals surface area contributed by atoms with Crippen molar-refractivity contribution >= 4 is 0 Å². The van der Waals surface area contributed by atoms with Crippen LogP contribution in [0.15, 0.2) is 0 Å². The Morgan fingerprint density at radius 3 is 2.44 bits per heavy atom. The van der Waals surface area contributed by atoms with Crippen LogP contribution in [0.5, 0.6) is 0 Å². The van der Waals surface area contributed by atoms with E-state index in [2.05, 4.69) is 13.8 Å². The van der Waals surface area contributed by atoms with Gasteiger partial charge in [-0.25, -0.2) is 0 Å². The van der Waals surface area contributed by atoms with Gasteiger partial charge in [0.25, 0.3) is 0 Å². The highest BCUT2D eigenvalue weighted by Gasteiger charge is 2.65. The maximum Gasteiger partial charge on any atom is 0.0618 e. The molecule has 2 bridgehead atoms. The Morgan fingerprint density at radius 1 is 1.06 bits per heavy atom. The Morgan fingerprint density at radius 2 is 1.78 bits per heavy atom. The molecule has 0 aromatic heterocycles. The minimum absolute atomic E-state index is 0.0380. The minimum Gasteiger partial charge on any atom is -0.396 e. The van der Waals surface area contributed by atoms with Crippen molar-refractivity contribution in [2.45, 2.75) is 64.6 Å². The summed E-state index contributed by atoms with van der Waals surface area (Å²) in [7, 11) is 0. The first-order valence-electron chi connectivity index (χ1n) is 7.33. The molecule has 1 spiro atoms. The molecule has 0 aromatic rings. The summed E-state index contributed by atoms with van der Waals surface area (Å²) in [5.74, 6) is 0.548. The van der Waals surface area contributed by atoms with Crippen LogP contribution in [0.1, 0.15) is 52.4 Å². The molecule has 3 saturated carbocycles. The molecular formula is C15H26O3. The molecule has 0 aliphatic heterocycles. The molecule has 18 heavy (non-hydrogen) atoms. The third-order valence-electron chi connectivity index (χ3n) is 6.54. The number of fused-ring (bicyclic) bond motifs is 1. The van der Waals surface area contributed by atoms with Crippen LogP contribution < -0.4 is 0 Å². The van der Waals surface area contributed by atoms with Gasteiger partial charge in [-0.1, -0.05) is 13.8 Å². The van der Waals surface area contributed by atoms with E-state index in [0.717, 1.165) is 38.5 Å². The van der Waals surface area contributed by atoms with Gasteiger partial charge >= 0.3 is 0 Å². The van der Waals surface area contributed by atoms with Crippen LogP contribution in [0.2, 0.25) is 0 Å². The van der Waals surface area contributed by atoms with E-state index in [-0.39, 0.29) is 35.1 Å². The van der Waals surface area contributed by atoms with Gasteiger partial charge in [-0.3, -0.25) is 0 Å². The molecule has 0 aromatic carbocycles. The van der Waals surface area contributed by atoms with Crippen LogP contribution in [-0.4, -0.2) is 34.1 Å². The van der Waals surface area contributed by atoms with Gasteiger partial charge in [-0.15, -0.1) is 0 Å². The van der Waals surface area contributed by atoms with Gasteiger partial charge in [0.05, 0.1) is 18.8 Å². The molecule has 3 heteroatoms. The summed E-state index contributed by atoms with van der Waals surface area (Å²) in [6.45, 7) is 4.61. The van der Waals surface area contributed by atoms with E-state index < -0.39 is 0 Å². The van der Waals surface area contributed by atoms with Crippen molar-refractivity contribution < 1.29 is 15.3 Å². The predicted molar refractivity (Wildman–Crippen MR) is 68.9 cm³/mol. The van der Waals surface area contributed by atoms with Gasteiger partial charge in [-0.2, -0.15) is 0 Å². The normalized spacial score (nSPS) is 54.2. The largest absolute Gasteiger partial charge is 0.396 e. The molecule has 3 rings (SSSR count). The van der Waals surface area contributed by atoms with E-state index in [1.165, 1.54) is 0 Å². The Bertz CT molecular complexity index is 354. The lowest BCUT2D eigenvalue weighted by Gasteiger charge is -2.58. The Kier molecular flexibility index (Phi) is 2.66. The van der Waals surface area contributed by atoms with Crippen molar-refractivity contribution in [3.8, 4) is 0 Å². The summed E-state index contributed by atoms with van der Waals surface area (Å²) >= 11 is 0. The second kappa shape index (κ2) is 3.71. The fourth-order valence-electron chi connectivity index (χ4n) is 5.61. The smallest absolute Gasteiger partial charge is 0.0618 e. The third kappa shape index (κ3) is 1.41. The van der Waals surface area contributed by atoms with Crippen molar-refractivity contribution in [2.24, 2.45) is 22.2 Å². The summed E-state index contributed by atoms with van der Waals surface area (Å²) in [5, 5.41) is 30.6. The second-order valence-electron chi connectivity index (χ2n) is 7.78. The first-order chi connectivity index (χ1) is 8.36. The molecule has 0 saturated heterocycles. The monoisotopic (exact) mass is 254 g/mol. The van der Waals surface area contributed by atoms with Crippen molar-refractivity contribution in [1.29, 1.82) is 0 Å². The van der Waals surface area contributed by atoms with Crippen LogP contribution in [0.3, 0.4) is 0 Å². The number of hydrogen-bond donors (Lipinski definition) is 3. The predicted octanol–water partition coefficient (Wildman–Crippen LogP) is 1.70. The second-order valence-corrected chi connectivity index (χ2v) is 7.78. The van der Waals surface area contributed by atoms with E-state index in [0.29, 0.717) is 5.92 Å². The first-order valence-corrected chi connectivity index (χ1v) is 7.33. The fraction of sp³-hybridized carbons (Fsp3) is 1.00. The summed E-state index contributed by atoms with van der Waals surface area (Å²) < 4.78 is 0. The van der Waals surface area contributed by atoms with Crippen LogP contribution in [0, 0.1) is 22.2 Å². The minimum atomic E-state index is -0.384. The standard InChI is InChI=1S/C15H26O3/c1-13(2)7-12(18)15-6-4-11(17)14(8-15,9-16)5-3-10(13)15/h10-12,16-18H,3-9H2,1-2H3/t10-,11+,12-,14-,15-/m0/s1. The van der Waals surface area contributed by atoms with Gasteiger partial charge in [0.1, 0.15) is 0 Å². The summed E-state index contributed by atoms with van der Waals surface area (Å²) in [6, 6.07) is 0. The van der Waals surface area contributed by atoms with Gasteiger partial charge in [0.15, 0.2) is 0 Å². The number of aliphatic hydroxyl groups excluding tert-OH is 3. The zero-order valence-corrected chi connectivity index (χ0v) is 11.5. The molecule has 0 radical (unpaired) electrons. The van der Waals surface area contributed by atoms with Crippen LogP contribution in [-0.2, 0) is 0 Å². The molecule has 3 N–H and O–H groups in total. The quantitative estimate of drug-likeness (QED) is 0.667. The molecule has 0 amide bonds. The highest BCUT2D eigenvalue weighted by Crippen LogP contribution is 2.68. The SMILES string of the molecule is CC1(C)C[C@H](O)[C@]23CC[C@@H](O)[C@@](CO)(CC[C@@H]12)C3.